The van der Waals surface area contributed by atoms with E-state index in [4.69, 9.17) is 5.73 Å². The molecule has 1 aromatic carbocycles. The molecule has 0 spiro atoms. The number of benzene rings is 1. The molecule has 0 amide bonds. The highest BCUT2D eigenvalue weighted by Gasteiger charge is 2.18. The molecule has 0 aliphatic heterocycles. The molecule has 17 heavy (non-hydrogen) atoms. The SMILES string of the molecule is Cc1cc(C)c(C(N)c2ccn(C)n2)c(F)c1. The van der Waals surface area contributed by atoms with Crippen molar-refractivity contribution in [2.45, 2.75) is 19.9 Å². The molecule has 0 aliphatic rings. The second-order valence-corrected chi connectivity index (χ2v) is 4.37. The molecule has 2 N–H and O–H groups in total. The summed E-state index contributed by atoms with van der Waals surface area (Å²) in [5.41, 5.74) is 9.03. The van der Waals surface area contributed by atoms with Crippen LogP contribution >= 0.6 is 0 Å². The first-order chi connectivity index (χ1) is 7.99. The summed E-state index contributed by atoms with van der Waals surface area (Å²) in [6.45, 7) is 3.74. The van der Waals surface area contributed by atoms with E-state index in [1.807, 2.05) is 33.0 Å². The standard InChI is InChI=1S/C13H16FN3/c1-8-6-9(2)12(10(14)7-8)13(15)11-4-5-17(3)16-11/h4-7,13H,15H2,1-3H3. The lowest BCUT2D eigenvalue weighted by atomic mass is 9.97. The number of hydrogen-bond donors (Lipinski definition) is 1. The molecule has 0 radical (unpaired) electrons. The highest BCUT2D eigenvalue weighted by Crippen LogP contribution is 2.25. The summed E-state index contributed by atoms with van der Waals surface area (Å²) in [6.07, 6.45) is 1.80. The van der Waals surface area contributed by atoms with Gasteiger partial charge >= 0.3 is 0 Å². The number of halogens is 1. The predicted molar refractivity (Wildman–Crippen MR) is 65.1 cm³/mol. The average Bonchev–Trinajstić information content (AvgIpc) is 2.63. The zero-order valence-corrected chi connectivity index (χ0v) is 10.2. The van der Waals surface area contributed by atoms with Crippen molar-refractivity contribution in [3.63, 3.8) is 0 Å². The summed E-state index contributed by atoms with van der Waals surface area (Å²) in [4.78, 5) is 0. The molecule has 90 valence electrons. The van der Waals surface area contributed by atoms with Crippen LogP contribution in [0, 0.1) is 19.7 Å². The summed E-state index contributed by atoms with van der Waals surface area (Å²) in [5.74, 6) is -0.263. The van der Waals surface area contributed by atoms with Gasteiger partial charge in [0.15, 0.2) is 0 Å². The third-order valence-corrected chi connectivity index (χ3v) is 2.84. The molecule has 0 saturated carbocycles. The summed E-state index contributed by atoms with van der Waals surface area (Å²) in [5, 5.41) is 4.22. The van der Waals surface area contributed by atoms with Crippen molar-refractivity contribution in [1.29, 1.82) is 0 Å². The smallest absolute Gasteiger partial charge is 0.128 e. The zero-order valence-electron chi connectivity index (χ0n) is 10.2. The van der Waals surface area contributed by atoms with Crippen LogP contribution in [0.15, 0.2) is 24.4 Å². The van der Waals surface area contributed by atoms with Gasteiger partial charge in [-0.05, 0) is 37.1 Å². The third-order valence-electron chi connectivity index (χ3n) is 2.84. The lowest BCUT2D eigenvalue weighted by Crippen LogP contribution is -2.16. The molecule has 2 aromatic rings. The summed E-state index contributed by atoms with van der Waals surface area (Å²) >= 11 is 0. The minimum absolute atomic E-state index is 0.263. The van der Waals surface area contributed by atoms with E-state index < -0.39 is 6.04 Å². The van der Waals surface area contributed by atoms with Gasteiger partial charge in [0.05, 0.1) is 11.7 Å². The Kier molecular flexibility index (Phi) is 2.98. The molecule has 1 aromatic heterocycles. The molecular weight excluding hydrogens is 217 g/mol. The summed E-state index contributed by atoms with van der Waals surface area (Å²) < 4.78 is 15.6. The van der Waals surface area contributed by atoms with Gasteiger partial charge in [-0.1, -0.05) is 6.07 Å². The van der Waals surface area contributed by atoms with Crippen LogP contribution in [0.1, 0.15) is 28.4 Å². The maximum atomic E-state index is 13.9. The van der Waals surface area contributed by atoms with Gasteiger partial charge in [0.2, 0.25) is 0 Å². The van der Waals surface area contributed by atoms with E-state index in [9.17, 15) is 4.39 Å². The van der Waals surface area contributed by atoms with Crippen molar-refractivity contribution in [2.24, 2.45) is 12.8 Å². The summed E-state index contributed by atoms with van der Waals surface area (Å²) in [6, 6.07) is 4.73. The number of rotatable bonds is 2. The molecule has 1 heterocycles. The Labute approximate surface area is 100 Å². The van der Waals surface area contributed by atoms with Crippen molar-refractivity contribution >= 4 is 0 Å². The van der Waals surface area contributed by atoms with E-state index in [0.29, 0.717) is 11.3 Å². The summed E-state index contributed by atoms with van der Waals surface area (Å²) in [7, 11) is 1.81. The maximum absolute atomic E-state index is 13.9. The zero-order chi connectivity index (χ0) is 12.6. The third kappa shape index (κ3) is 2.22. The predicted octanol–water partition coefficient (Wildman–Crippen LogP) is 2.22. The Morgan fingerprint density at radius 3 is 2.59 bits per heavy atom. The molecule has 1 unspecified atom stereocenters. The average molecular weight is 233 g/mol. The first kappa shape index (κ1) is 11.8. The number of aromatic nitrogens is 2. The van der Waals surface area contributed by atoms with Gasteiger partial charge < -0.3 is 5.73 Å². The quantitative estimate of drug-likeness (QED) is 0.864. The van der Waals surface area contributed by atoms with Gasteiger partial charge in [0, 0.05) is 18.8 Å². The topological polar surface area (TPSA) is 43.8 Å². The van der Waals surface area contributed by atoms with E-state index in [1.54, 1.807) is 10.9 Å². The lowest BCUT2D eigenvalue weighted by molar-refractivity contribution is 0.590. The second kappa shape index (κ2) is 4.30. The normalized spacial score (nSPS) is 12.8. The van der Waals surface area contributed by atoms with Crippen LogP contribution in [-0.4, -0.2) is 9.78 Å². The van der Waals surface area contributed by atoms with Gasteiger partial charge in [-0.15, -0.1) is 0 Å². The van der Waals surface area contributed by atoms with Crippen molar-refractivity contribution in [1.82, 2.24) is 9.78 Å². The molecule has 0 aliphatic carbocycles. The lowest BCUT2D eigenvalue weighted by Gasteiger charge is -2.14. The number of nitrogens with zero attached hydrogens (tertiary/aromatic N) is 2. The van der Waals surface area contributed by atoms with Gasteiger partial charge in [0.25, 0.3) is 0 Å². The fraction of sp³-hybridized carbons (Fsp3) is 0.308. The first-order valence-electron chi connectivity index (χ1n) is 5.51. The fourth-order valence-corrected chi connectivity index (χ4v) is 2.07. The number of nitrogens with two attached hydrogens (primary N) is 1. The van der Waals surface area contributed by atoms with Crippen molar-refractivity contribution in [2.75, 3.05) is 0 Å². The van der Waals surface area contributed by atoms with Gasteiger partial charge in [-0.2, -0.15) is 5.10 Å². The molecule has 0 fully saturated rings. The number of aryl methyl sites for hydroxylation is 3. The Morgan fingerprint density at radius 1 is 1.35 bits per heavy atom. The van der Waals surface area contributed by atoms with Crippen molar-refractivity contribution < 1.29 is 4.39 Å². The van der Waals surface area contributed by atoms with Gasteiger partial charge in [-0.3, -0.25) is 4.68 Å². The molecule has 3 nitrogen and oxygen atoms in total. The van der Waals surface area contributed by atoms with Crippen LogP contribution in [0.4, 0.5) is 4.39 Å². The van der Waals surface area contributed by atoms with Crippen molar-refractivity contribution in [3.8, 4) is 0 Å². The number of hydrogen-bond acceptors (Lipinski definition) is 2. The monoisotopic (exact) mass is 233 g/mol. The van der Waals surface area contributed by atoms with E-state index in [-0.39, 0.29) is 5.82 Å². The highest BCUT2D eigenvalue weighted by molar-refractivity contribution is 5.37. The van der Waals surface area contributed by atoms with Crippen LogP contribution < -0.4 is 5.73 Å². The van der Waals surface area contributed by atoms with Crippen LogP contribution in [-0.2, 0) is 7.05 Å². The van der Waals surface area contributed by atoms with Crippen LogP contribution in [0.2, 0.25) is 0 Å². The molecule has 4 heteroatoms. The fourth-order valence-electron chi connectivity index (χ4n) is 2.07. The minimum Gasteiger partial charge on any atom is -0.319 e. The van der Waals surface area contributed by atoms with E-state index in [2.05, 4.69) is 5.10 Å². The van der Waals surface area contributed by atoms with Crippen LogP contribution in [0.25, 0.3) is 0 Å². The van der Waals surface area contributed by atoms with Crippen LogP contribution in [0.3, 0.4) is 0 Å². The molecule has 1 atom stereocenters. The van der Waals surface area contributed by atoms with Crippen LogP contribution in [0.5, 0.6) is 0 Å². The van der Waals surface area contributed by atoms with E-state index in [0.717, 1.165) is 11.1 Å². The Hall–Kier alpha value is -1.68. The maximum Gasteiger partial charge on any atom is 0.128 e. The molecular formula is C13H16FN3. The molecule has 0 saturated heterocycles. The van der Waals surface area contributed by atoms with E-state index >= 15 is 0 Å². The van der Waals surface area contributed by atoms with Crippen molar-refractivity contribution in [3.05, 3.63) is 52.6 Å². The largest absolute Gasteiger partial charge is 0.319 e. The second-order valence-electron chi connectivity index (χ2n) is 4.37. The highest BCUT2D eigenvalue weighted by atomic mass is 19.1. The molecule has 2 rings (SSSR count). The minimum atomic E-state index is -0.517. The van der Waals surface area contributed by atoms with E-state index in [1.165, 1.54) is 6.07 Å². The van der Waals surface area contributed by atoms with Gasteiger partial charge in [0.1, 0.15) is 5.82 Å². The molecule has 0 bridgehead atoms. The Balaban J connectivity index is 2.47. The Morgan fingerprint density at radius 2 is 2.06 bits per heavy atom. The van der Waals surface area contributed by atoms with Gasteiger partial charge in [-0.25, -0.2) is 4.39 Å². The Bertz CT molecular complexity index is 522. The first-order valence-corrected chi connectivity index (χ1v) is 5.51.